The third-order valence-corrected chi connectivity index (χ3v) is 4.71. The molecule has 2 aromatic carbocycles. The maximum absolute atomic E-state index is 12.3. The van der Waals surface area contributed by atoms with Gasteiger partial charge in [-0.1, -0.05) is 12.1 Å². The van der Waals surface area contributed by atoms with Gasteiger partial charge in [-0.25, -0.2) is 9.48 Å². The van der Waals surface area contributed by atoms with Crippen LogP contribution in [0.2, 0.25) is 0 Å². The highest BCUT2D eigenvalue weighted by Gasteiger charge is 2.19. The Morgan fingerprint density at radius 3 is 2.68 bits per heavy atom. The lowest BCUT2D eigenvalue weighted by molar-refractivity contribution is -0.115. The van der Waals surface area contributed by atoms with Gasteiger partial charge < -0.3 is 16.0 Å². The summed E-state index contributed by atoms with van der Waals surface area (Å²) >= 11 is 0. The molecule has 7 nitrogen and oxygen atoms in total. The summed E-state index contributed by atoms with van der Waals surface area (Å²) in [5, 5.41) is 12.9. The molecule has 0 aliphatic carbocycles. The van der Waals surface area contributed by atoms with Crippen molar-refractivity contribution in [1.29, 1.82) is 0 Å². The van der Waals surface area contributed by atoms with E-state index in [0.29, 0.717) is 12.1 Å². The van der Waals surface area contributed by atoms with Crippen LogP contribution in [0.15, 0.2) is 54.7 Å². The Hall–Kier alpha value is -3.61. The lowest BCUT2D eigenvalue weighted by Crippen LogP contribution is -2.31. The molecule has 142 valence electrons. The molecule has 28 heavy (non-hydrogen) atoms. The van der Waals surface area contributed by atoms with Gasteiger partial charge in [-0.3, -0.25) is 4.79 Å². The van der Waals surface area contributed by atoms with E-state index in [4.69, 9.17) is 0 Å². The molecule has 0 fully saturated rings. The van der Waals surface area contributed by atoms with Crippen LogP contribution < -0.4 is 16.0 Å². The minimum atomic E-state index is -0.287. The molecule has 1 atom stereocenters. The van der Waals surface area contributed by atoms with Crippen molar-refractivity contribution < 1.29 is 9.59 Å². The van der Waals surface area contributed by atoms with Crippen LogP contribution in [-0.2, 0) is 11.2 Å². The van der Waals surface area contributed by atoms with E-state index in [1.54, 1.807) is 4.68 Å². The third-order valence-electron chi connectivity index (χ3n) is 4.71. The summed E-state index contributed by atoms with van der Waals surface area (Å²) in [7, 11) is 0. The molecule has 1 unspecified atom stereocenters. The molecule has 1 aliphatic rings. The molecular formula is C21H21N5O2. The highest BCUT2D eigenvalue weighted by atomic mass is 16.2. The van der Waals surface area contributed by atoms with Gasteiger partial charge in [-0.05, 0) is 61.4 Å². The number of urea groups is 1. The second-order valence-corrected chi connectivity index (χ2v) is 6.91. The normalized spacial score (nSPS) is 13.6. The average molecular weight is 375 g/mol. The first-order valence-electron chi connectivity index (χ1n) is 9.11. The van der Waals surface area contributed by atoms with Crippen LogP contribution in [0.4, 0.5) is 16.2 Å². The highest BCUT2D eigenvalue weighted by Crippen LogP contribution is 2.26. The molecule has 1 aliphatic heterocycles. The first-order valence-corrected chi connectivity index (χ1v) is 9.11. The summed E-state index contributed by atoms with van der Waals surface area (Å²) in [5.74, 6) is -0.000718. The standard InChI is InChI=1S/C21H21N5O2/c1-13-9-10-26(25-13)18-6-4-17(5-7-18)23-21(28)22-14(2)15-3-8-19-16(11-15)12-20(27)24-19/h3-11,14H,12H2,1-2H3,(H,24,27)(H2,22,23,28). The summed E-state index contributed by atoms with van der Waals surface area (Å²) in [5.41, 5.74) is 5.32. The fourth-order valence-electron chi connectivity index (χ4n) is 3.22. The number of anilines is 2. The largest absolute Gasteiger partial charge is 0.331 e. The van der Waals surface area contributed by atoms with Crippen molar-refractivity contribution >= 4 is 23.3 Å². The number of hydrogen-bond donors (Lipinski definition) is 3. The minimum Gasteiger partial charge on any atom is -0.331 e. The minimum absolute atomic E-state index is 0.000718. The molecule has 3 N–H and O–H groups in total. The maximum Gasteiger partial charge on any atom is 0.319 e. The van der Waals surface area contributed by atoms with Gasteiger partial charge in [-0.15, -0.1) is 0 Å². The first-order chi connectivity index (χ1) is 13.5. The number of nitrogens with zero attached hydrogens (tertiary/aromatic N) is 2. The Balaban J connectivity index is 1.37. The number of benzene rings is 2. The Morgan fingerprint density at radius 2 is 1.96 bits per heavy atom. The molecular weight excluding hydrogens is 354 g/mol. The van der Waals surface area contributed by atoms with Gasteiger partial charge in [0, 0.05) is 17.6 Å². The fourth-order valence-corrected chi connectivity index (χ4v) is 3.22. The molecule has 0 radical (unpaired) electrons. The maximum atomic E-state index is 12.3. The van der Waals surface area contributed by atoms with Crippen molar-refractivity contribution in [3.63, 3.8) is 0 Å². The van der Waals surface area contributed by atoms with Crippen LogP contribution in [0.5, 0.6) is 0 Å². The van der Waals surface area contributed by atoms with E-state index in [1.165, 1.54) is 0 Å². The van der Waals surface area contributed by atoms with E-state index in [2.05, 4.69) is 21.0 Å². The quantitative estimate of drug-likeness (QED) is 0.651. The van der Waals surface area contributed by atoms with Crippen molar-refractivity contribution in [2.45, 2.75) is 26.3 Å². The van der Waals surface area contributed by atoms with Crippen LogP contribution in [-0.4, -0.2) is 21.7 Å². The number of amides is 3. The number of hydrogen-bond acceptors (Lipinski definition) is 3. The topological polar surface area (TPSA) is 88.0 Å². The van der Waals surface area contributed by atoms with Crippen LogP contribution in [0, 0.1) is 6.92 Å². The van der Waals surface area contributed by atoms with Crippen LogP contribution in [0.25, 0.3) is 5.69 Å². The predicted octanol–water partition coefficient (Wildman–Crippen LogP) is 3.56. The number of rotatable bonds is 4. The number of carbonyl (C=O) groups excluding carboxylic acids is 2. The smallest absolute Gasteiger partial charge is 0.319 e. The second-order valence-electron chi connectivity index (χ2n) is 6.91. The molecule has 3 amide bonds. The summed E-state index contributed by atoms with van der Waals surface area (Å²) in [6.07, 6.45) is 2.27. The van der Waals surface area contributed by atoms with Gasteiger partial charge >= 0.3 is 6.03 Å². The summed E-state index contributed by atoms with van der Waals surface area (Å²) < 4.78 is 1.79. The molecule has 0 saturated heterocycles. The number of nitrogens with one attached hydrogen (secondary N) is 3. The average Bonchev–Trinajstić information content (AvgIpc) is 3.26. The predicted molar refractivity (Wildman–Crippen MR) is 108 cm³/mol. The van der Waals surface area contributed by atoms with Crippen molar-refractivity contribution in [3.8, 4) is 5.69 Å². The van der Waals surface area contributed by atoms with E-state index in [9.17, 15) is 9.59 Å². The Kier molecular flexibility index (Phi) is 4.57. The number of fused-ring (bicyclic) bond motifs is 1. The first kappa shape index (κ1) is 17.8. The summed E-state index contributed by atoms with van der Waals surface area (Å²) in [6.45, 7) is 3.85. The van der Waals surface area contributed by atoms with Crippen molar-refractivity contribution in [3.05, 3.63) is 71.5 Å². The Bertz CT molecular complexity index is 1040. The van der Waals surface area contributed by atoms with Crippen molar-refractivity contribution in [2.75, 3.05) is 10.6 Å². The highest BCUT2D eigenvalue weighted by molar-refractivity contribution is 5.99. The number of aryl methyl sites for hydroxylation is 1. The van der Waals surface area contributed by atoms with Gasteiger partial charge in [0.15, 0.2) is 0 Å². The molecule has 2 heterocycles. The van der Waals surface area contributed by atoms with Gasteiger partial charge in [0.2, 0.25) is 5.91 Å². The number of carbonyl (C=O) groups is 2. The van der Waals surface area contributed by atoms with Gasteiger partial charge in [0.25, 0.3) is 0 Å². The van der Waals surface area contributed by atoms with E-state index in [-0.39, 0.29) is 18.0 Å². The number of aromatic nitrogens is 2. The van der Waals surface area contributed by atoms with Crippen LogP contribution in [0.3, 0.4) is 0 Å². The molecule has 1 aromatic heterocycles. The molecule has 7 heteroatoms. The third kappa shape index (κ3) is 3.73. The zero-order valence-electron chi connectivity index (χ0n) is 15.7. The lowest BCUT2D eigenvalue weighted by Gasteiger charge is -2.16. The molecule has 3 aromatic rings. The zero-order valence-corrected chi connectivity index (χ0v) is 15.7. The molecule has 0 bridgehead atoms. The van der Waals surface area contributed by atoms with Crippen LogP contribution >= 0.6 is 0 Å². The fraction of sp³-hybridized carbons (Fsp3) is 0.190. The Morgan fingerprint density at radius 1 is 1.18 bits per heavy atom. The van der Waals surface area contributed by atoms with E-state index >= 15 is 0 Å². The monoisotopic (exact) mass is 375 g/mol. The van der Waals surface area contributed by atoms with Gasteiger partial charge in [0.1, 0.15) is 0 Å². The lowest BCUT2D eigenvalue weighted by atomic mass is 10.0. The van der Waals surface area contributed by atoms with Crippen molar-refractivity contribution in [1.82, 2.24) is 15.1 Å². The van der Waals surface area contributed by atoms with Gasteiger partial charge in [-0.2, -0.15) is 5.10 Å². The van der Waals surface area contributed by atoms with E-state index in [1.807, 2.05) is 68.6 Å². The summed E-state index contributed by atoms with van der Waals surface area (Å²) in [6, 6.07) is 14.7. The summed E-state index contributed by atoms with van der Waals surface area (Å²) in [4.78, 5) is 23.8. The molecule has 4 rings (SSSR count). The van der Waals surface area contributed by atoms with Crippen LogP contribution in [0.1, 0.15) is 29.8 Å². The molecule has 0 spiro atoms. The zero-order chi connectivity index (χ0) is 19.7. The SMILES string of the molecule is Cc1ccn(-c2ccc(NC(=O)NC(C)c3ccc4c(c3)CC(=O)N4)cc2)n1. The van der Waals surface area contributed by atoms with E-state index < -0.39 is 0 Å². The van der Waals surface area contributed by atoms with Gasteiger partial charge in [0.05, 0.1) is 23.8 Å². The van der Waals surface area contributed by atoms with Crippen molar-refractivity contribution in [2.24, 2.45) is 0 Å². The second kappa shape index (κ2) is 7.19. The Labute approximate surface area is 162 Å². The van der Waals surface area contributed by atoms with E-state index in [0.717, 1.165) is 28.2 Å². The molecule has 0 saturated carbocycles.